The lowest BCUT2D eigenvalue weighted by Crippen LogP contribution is -2.01. The number of rotatable bonds is 4. The standard InChI is InChI=1S/C12H13N5O3S/c1-7(2)11-14-15-12(21)16(11)13-6-8-3-4-10(18)9(5-8)17(19)20/h3-7,18H,1-2H3,(H,15,21)/b13-6-. The molecule has 0 fully saturated rings. The molecule has 0 aliphatic carbocycles. The van der Waals surface area contributed by atoms with Gasteiger partial charge in [-0.1, -0.05) is 13.8 Å². The number of nitrogens with zero attached hydrogens (tertiary/aromatic N) is 4. The van der Waals surface area contributed by atoms with Crippen molar-refractivity contribution in [3.63, 3.8) is 0 Å². The van der Waals surface area contributed by atoms with Crippen molar-refractivity contribution in [2.75, 3.05) is 0 Å². The first-order valence-electron chi connectivity index (χ1n) is 6.09. The topological polar surface area (TPSA) is 109 Å². The van der Waals surface area contributed by atoms with E-state index in [-0.39, 0.29) is 17.4 Å². The maximum absolute atomic E-state index is 10.8. The molecule has 0 spiro atoms. The van der Waals surface area contributed by atoms with Gasteiger partial charge in [0.1, 0.15) is 0 Å². The summed E-state index contributed by atoms with van der Waals surface area (Å²) in [4.78, 5) is 10.1. The van der Waals surface area contributed by atoms with Gasteiger partial charge in [0.05, 0.1) is 11.1 Å². The van der Waals surface area contributed by atoms with Crippen LogP contribution in [0.3, 0.4) is 0 Å². The molecule has 0 amide bonds. The summed E-state index contributed by atoms with van der Waals surface area (Å²) in [5.41, 5.74) is 0.0936. The molecule has 1 aromatic heterocycles. The molecular formula is C12H13N5O3S. The Morgan fingerprint density at radius 2 is 2.29 bits per heavy atom. The molecular weight excluding hydrogens is 294 g/mol. The highest BCUT2D eigenvalue weighted by Crippen LogP contribution is 2.25. The fraction of sp³-hybridized carbons (Fsp3) is 0.250. The molecule has 2 N–H and O–H groups in total. The third kappa shape index (κ3) is 3.14. The zero-order valence-electron chi connectivity index (χ0n) is 11.3. The monoisotopic (exact) mass is 307 g/mol. The lowest BCUT2D eigenvalue weighted by Gasteiger charge is -2.03. The largest absolute Gasteiger partial charge is 0.502 e. The van der Waals surface area contributed by atoms with Crippen molar-refractivity contribution in [1.29, 1.82) is 0 Å². The van der Waals surface area contributed by atoms with E-state index in [0.717, 1.165) is 0 Å². The molecule has 2 rings (SSSR count). The van der Waals surface area contributed by atoms with Crippen LogP contribution in [0.1, 0.15) is 31.2 Å². The van der Waals surface area contributed by atoms with E-state index in [4.69, 9.17) is 12.2 Å². The van der Waals surface area contributed by atoms with Crippen LogP contribution in [0.25, 0.3) is 0 Å². The minimum absolute atomic E-state index is 0.115. The maximum atomic E-state index is 10.8. The zero-order valence-corrected chi connectivity index (χ0v) is 12.2. The highest BCUT2D eigenvalue weighted by molar-refractivity contribution is 7.71. The first-order valence-corrected chi connectivity index (χ1v) is 6.50. The Morgan fingerprint density at radius 3 is 2.90 bits per heavy atom. The fourth-order valence-corrected chi connectivity index (χ4v) is 1.87. The van der Waals surface area contributed by atoms with Crippen molar-refractivity contribution in [2.24, 2.45) is 5.10 Å². The van der Waals surface area contributed by atoms with Crippen molar-refractivity contribution in [2.45, 2.75) is 19.8 Å². The number of nitro benzene ring substituents is 1. The van der Waals surface area contributed by atoms with Crippen LogP contribution in [0, 0.1) is 14.9 Å². The van der Waals surface area contributed by atoms with Gasteiger partial charge in [0.15, 0.2) is 11.6 Å². The molecule has 110 valence electrons. The number of phenols is 1. The number of aromatic hydroxyl groups is 1. The average molecular weight is 307 g/mol. The van der Waals surface area contributed by atoms with Gasteiger partial charge in [0.2, 0.25) is 4.77 Å². The summed E-state index contributed by atoms with van der Waals surface area (Å²) in [6, 6.07) is 4.00. The quantitative estimate of drug-likeness (QED) is 0.390. The van der Waals surface area contributed by atoms with Crippen LogP contribution in [-0.4, -0.2) is 31.1 Å². The van der Waals surface area contributed by atoms with Crippen LogP contribution in [0.2, 0.25) is 0 Å². The molecule has 1 heterocycles. The molecule has 0 radical (unpaired) electrons. The van der Waals surface area contributed by atoms with Gasteiger partial charge in [-0.05, 0) is 24.4 Å². The molecule has 0 saturated heterocycles. The summed E-state index contributed by atoms with van der Waals surface area (Å²) in [5.74, 6) is 0.383. The zero-order chi connectivity index (χ0) is 15.6. The van der Waals surface area contributed by atoms with Crippen molar-refractivity contribution in [1.82, 2.24) is 14.9 Å². The number of aromatic amines is 1. The number of hydrogen-bond donors (Lipinski definition) is 2. The Kier molecular flexibility index (Phi) is 4.13. The molecule has 0 saturated carbocycles. The average Bonchev–Trinajstić information content (AvgIpc) is 2.79. The summed E-state index contributed by atoms with van der Waals surface area (Å²) in [5, 5.41) is 31.1. The second-order valence-electron chi connectivity index (χ2n) is 4.60. The second kappa shape index (κ2) is 5.83. The van der Waals surface area contributed by atoms with E-state index in [1.54, 1.807) is 0 Å². The maximum Gasteiger partial charge on any atom is 0.311 e. The normalized spacial score (nSPS) is 11.4. The van der Waals surface area contributed by atoms with Gasteiger partial charge < -0.3 is 5.11 Å². The van der Waals surface area contributed by atoms with Gasteiger partial charge >= 0.3 is 5.69 Å². The van der Waals surface area contributed by atoms with E-state index in [0.29, 0.717) is 16.2 Å². The Bertz CT molecular complexity index is 762. The van der Waals surface area contributed by atoms with E-state index >= 15 is 0 Å². The Hall–Kier alpha value is -2.55. The van der Waals surface area contributed by atoms with E-state index in [1.807, 2.05) is 13.8 Å². The van der Waals surface area contributed by atoms with Gasteiger partial charge in [-0.3, -0.25) is 15.2 Å². The first-order chi connectivity index (χ1) is 9.90. The van der Waals surface area contributed by atoms with E-state index in [1.165, 1.54) is 29.1 Å². The number of H-pyrrole nitrogens is 1. The van der Waals surface area contributed by atoms with Crippen LogP contribution in [0.4, 0.5) is 5.69 Å². The van der Waals surface area contributed by atoms with E-state index < -0.39 is 4.92 Å². The highest BCUT2D eigenvalue weighted by atomic mass is 32.1. The Labute approximate surface area is 124 Å². The number of phenolic OH excluding ortho intramolecular Hbond substituents is 1. The lowest BCUT2D eigenvalue weighted by atomic mass is 10.2. The summed E-state index contributed by atoms with van der Waals surface area (Å²) in [6.07, 6.45) is 1.42. The number of benzene rings is 1. The van der Waals surface area contributed by atoms with E-state index in [2.05, 4.69) is 15.3 Å². The molecule has 0 aliphatic rings. The summed E-state index contributed by atoms with van der Waals surface area (Å²) < 4.78 is 1.79. The summed E-state index contributed by atoms with van der Waals surface area (Å²) in [6.45, 7) is 3.89. The third-order valence-corrected chi connectivity index (χ3v) is 2.97. The van der Waals surface area contributed by atoms with Crippen LogP contribution in [-0.2, 0) is 0 Å². The lowest BCUT2D eigenvalue weighted by molar-refractivity contribution is -0.385. The first kappa shape index (κ1) is 14.9. The molecule has 0 bridgehead atoms. The summed E-state index contributed by atoms with van der Waals surface area (Å²) >= 11 is 5.08. The number of aromatic nitrogens is 3. The molecule has 1 aromatic carbocycles. The van der Waals surface area contributed by atoms with Crippen molar-refractivity contribution in [3.8, 4) is 5.75 Å². The van der Waals surface area contributed by atoms with Crippen LogP contribution in [0.5, 0.6) is 5.75 Å². The smallest absolute Gasteiger partial charge is 0.311 e. The molecule has 0 aliphatic heterocycles. The second-order valence-corrected chi connectivity index (χ2v) is 4.99. The van der Waals surface area contributed by atoms with E-state index in [9.17, 15) is 15.2 Å². The SMILES string of the molecule is CC(C)c1n[nH]c(=S)n1/N=C\c1ccc(O)c([N+](=O)[O-])c1. The predicted octanol–water partition coefficient (Wildman–Crippen LogP) is 2.56. The van der Waals surface area contributed by atoms with Crippen LogP contribution >= 0.6 is 12.2 Å². The Balaban J connectivity index is 2.39. The number of nitrogens with one attached hydrogen (secondary N) is 1. The van der Waals surface area contributed by atoms with Gasteiger partial charge in [-0.2, -0.15) is 14.9 Å². The van der Waals surface area contributed by atoms with Gasteiger partial charge in [0, 0.05) is 17.5 Å². The fourth-order valence-electron chi connectivity index (χ4n) is 1.68. The predicted molar refractivity (Wildman–Crippen MR) is 79.3 cm³/mol. The molecule has 9 heteroatoms. The van der Waals surface area contributed by atoms with Crippen LogP contribution < -0.4 is 0 Å². The van der Waals surface area contributed by atoms with Gasteiger partial charge in [-0.15, -0.1) is 0 Å². The van der Waals surface area contributed by atoms with Crippen molar-refractivity contribution in [3.05, 3.63) is 44.5 Å². The number of nitro groups is 1. The molecule has 0 unspecified atom stereocenters. The van der Waals surface area contributed by atoms with Gasteiger partial charge in [0.25, 0.3) is 0 Å². The molecule has 2 aromatic rings. The minimum atomic E-state index is -0.657. The molecule has 0 atom stereocenters. The van der Waals surface area contributed by atoms with Crippen molar-refractivity contribution >= 4 is 24.1 Å². The molecule has 21 heavy (non-hydrogen) atoms. The van der Waals surface area contributed by atoms with Crippen molar-refractivity contribution < 1.29 is 10.0 Å². The molecule has 8 nitrogen and oxygen atoms in total. The van der Waals surface area contributed by atoms with Gasteiger partial charge in [-0.25, -0.2) is 0 Å². The Morgan fingerprint density at radius 1 is 1.57 bits per heavy atom. The summed E-state index contributed by atoms with van der Waals surface area (Å²) in [7, 11) is 0. The number of hydrogen-bond acceptors (Lipinski definition) is 6. The third-order valence-electron chi connectivity index (χ3n) is 2.71. The minimum Gasteiger partial charge on any atom is -0.502 e. The highest BCUT2D eigenvalue weighted by Gasteiger charge is 2.13. The van der Waals surface area contributed by atoms with Crippen LogP contribution in [0.15, 0.2) is 23.3 Å².